The highest BCUT2D eigenvalue weighted by Crippen LogP contribution is 2.02. The molecule has 10 heavy (non-hydrogen) atoms. The summed E-state index contributed by atoms with van der Waals surface area (Å²) in [6.07, 6.45) is 4.57. The predicted molar refractivity (Wildman–Crippen MR) is 35.1 cm³/mol. The van der Waals surface area contributed by atoms with E-state index in [1.54, 1.807) is 18.5 Å². The average molecular weight is 135 g/mol. The topological polar surface area (TPSA) is 55.6 Å². The van der Waals surface area contributed by atoms with E-state index >= 15 is 0 Å². The molecule has 50 valence electrons. The minimum atomic E-state index is 0.551. The summed E-state index contributed by atoms with van der Waals surface area (Å²) in [5.74, 6) is 0. The number of hydrogen-bond donors (Lipinski definition) is 1. The van der Waals surface area contributed by atoms with Gasteiger partial charge in [0.25, 0.3) is 0 Å². The number of nitrogens with one attached hydrogen (secondary N) is 1. The van der Waals surface area contributed by atoms with Crippen LogP contribution in [0.4, 0.5) is 0 Å². The van der Waals surface area contributed by atoms with E-state index in [2.05, 4.69) is 9.97 Å². The Bertz CT molecular complexity index is 355. The van der Waals surface area contributed by atoms with E-state index in [9.17, 15) is 5.21 Å². The minimum absolute atomic E-state index is 0.551. The van der Waals surface area contributed by atoms with Crippen LogP contribution in [0.3, 0.4) is 0 Å². The van der Waals surface area contributed by atoms with Gasteiger partial charge in [-0.3, -0.25) is 9.71 Å². The van der Waals surface area contributed by atoms with Crippen LogP contribution in [-0.4, -0.2) is 9.97 Å². The number of nitrogens with zero attached hydrogens (tertiary/aromatic N) is 2. The zero-order valence-corrected chi connectivity index (χ0v) is 5.11. The minimum Gasteiger partial charge on any atom is -0.740 e. The molecule has 2 rings (SSSR count). The summed E-state index contributed by atoms with van der Waals surface area (Å²) in [6.45, 7) is 0. The maximum atomic E-state index is 10.9. The van der Waals surface area contributed by atoms with Crippen molar-refractivity contribution in [2.24, 2.45) is 0 Å². The van der Waals surface area contributed by atoms with E-state index in [0.717, 1.165) is 5.39 Å². The van der Waals surface area contributed by atoms with Gasteiger partial charge in [-0.1, -0.05) is 0 Å². The number of hydrogen-bond acceptors (Lipinski definition) is 2. The lowest BCUT2D eigenvalue weighted by Gasteiger charge is -1.99. The summed E-state index contributed by atoms with van der Waals surface area (Å²) in [5.41, 5.74) is 0.551. The van der Waals surface area contributed by atoms with Crippen LogP contribution in [0, 0.1) is 5.21 Å². The lowest BCUT2D eigenvalue weighted by atomic mass is 10.4. The summed E-state index contributed by atoms with van der Waals surface area (Å²) in [5, 5.41) is 11.7. The Morgan fingerprint density at radius 3 is 3.30 bits per heavy atom. The second-order valence-electron chi connectivity index (χ2n) is 2.00. The molecule has 2 aromatic rings. The molecule has 0 atom stereocenters. The van der Waals surface area contributed by atoms with Gasteiger partial charge >= 0.3 is 0 Å². The molecular weight excluding hydrogens is 130 g/mol. The van der Waals surface area contributed by atoms with Crippen molar-refractivity contribution in [2.75, 3.05) is 0 Å². The van der Waals surface area contributed by atoms with Crippen LogP contribution in [0.2, 0.25) is 0 Å². The van der Waals surface area contributed by atoms with Crippen molar-refractivity contribution in [3.63, 3.8) is 0 Å². The molecule has 4 nitrogen and oxygen atoms in total. The molecule has 0 unspecified atom stereocenters. The second kappa shape index (κ2) is 1.70. The Kier molecular flexibility index (Phi) is 0.887. The molecule has 0 radical (unpaired) electrons. The van der Waals surface area contributed by atoms with Gasteiger partial charge in [-0.05, 0) is 6.07 Å². The average Bonchev–Trinajstić information content (AvgIpc) is 2.36. The molecule has 0 saturated heterocycles. The summed E-state index contributed by atoms with van der Waals surface area (Å²) in [6, 6.07) is 1.80. The van der Waals surface area contributed by atoms with Crippen LogP contribution >= 0.6 is 0 Å². The molecule has 0 amide bonds. The normalized spacial score (nSPS) is 10.4. The first-order valence-electron chi connectivity index (χ1n) is 2.88. The predicted octanol–water partition coefficient (Wildman–Crippen LogP) is 0.196. The van der Waals surface area contributed by atoms with Crippen molar-refractivity contribution < 1.29 is 4.73 Å². The molecule has 2 heterocycles. The molecular formula is C6H5N3O. The van der Waals surface area contributed by atoms with Gasteiger partial charge in [0.2, 0.25) is 12.0 Å². The zero-order chi connectivity index (χ0) is 6.97. The molecule has 0 aromatic carbocycles. The van der Waals surface area contributed by atoms with Crippen LogP contribution in [0.1, 0.15) is 0 Å². The number of aromatic nitrogens is 3. The fourth-order valence-corrected chi connectivity index (χ4v) is 0.900. The number of fused-ring (bicyclic) bond motifs is 1. The molecule has 0 saturated carbocycles. The summed E-state index contributed by atoms with van der Waals surface area (Å²) < 4.78 is 0.704. The first-order valence-corrected chi connectivity index (χ1v) is 2.88. The summed E-state index contributed by atoms with van der Waals surface area (Å²) >= 11 is 0. The van der Waals surface area contributed by atoms with Crippen LogP contribution in [0.25, 0.3) is 11.0 Å². The van der Waals surface area contributed by atoms with Gasteiger partial charge in [0, 0.05) is 0 Å². The molecule has 0 fully saturated rings. The monoisotopic (exact) mass is 135 g/mol. The standard InChI is InChI=1S/C6H5N3O/c10-9-4-7-3-5-1-2-8-6(5)9/h1-4,8H. The third-order valence-electron chi connectivity index (χ3n) is 1.36. The van der Waals surface area contributed by atoms with Gasteiger partial charge in [-0.15, -0.1) is 4.98 Å². The molecule has 0 bridgehead atoms. The lowest BCUT2D eigenvalue weighted by molar-refractivity contribution is -0.582. The van der Waals surface area contributed by atoms with Gasteiger partial charge in [-0.2, -0.15) is 0 Å². The van der Waals surface area contributed by atoms with E-state index in [-0.39, 0.29) is 0 Å². The van der Waals surface area contributed by atoms with Crippen LogP contribution < -0.4 is 4.73 Å². The van der Waals surface area contributed by atoms with Crippen LogP contribution in [0.15, 0.2) is 24.8 Å². The van der Waals surface area contributed by atoms with Gasteiger partial charge in [0.1, 0.15) is 6.20 Å². The van der Waals surface area contributed by atoms with Crippen molar-refractivity contribution in [2.45, 2.75) is 0 Å². The molecule has 0 aliphatic carbocycles. The number of rotatable bonds is 0. The summed E-state index contributed by atoms with van der Waals surface area (Å²) in [4.78, 5) is 6.51. The fourth-order valence-electron chi connectivity index (χ4n) is 0.900. The lowest BCUT2D eigenvalue weighted by Crippen LogP contribution is -2.26. The quantitative estimate of drug-likeness (QED) is 0.414. The van der Waals surface area contributed by atoms with Crippen molar-refractivity contribution in [1.29, 1.82) is 0 Å². The van der Waals surface area contributed by atoms with Crippen LogP contribution in [0.5, 0.6) is 0 Å². The van der Waals surface area contributed by atoms with Gasteiger partial charge < -0.3 is 5.21 Å². The molecule has 1 N–H and O–H groups in total. The highest BCUT2D eigenvalue weighted by molar-refractivity contribution is 5.70. The van der Waals surface area contributed by atoms with E-state index < -0.39 is 0 Å². The Morgan fingerprint density at radius 1 is 1.60 bits per heavy atom. The van der Waals surface area contributed by atoms with Gasteiger partial charge in [0.05, 0.1) is 11.6 Å². The highest BCUT2D eigenvalue weighted by atomic mass is 16.5. The molecule has 0 aliphatic heterocycles. The Hall–Kier alpha value is -1.58. The highest BCUT2D eigenvalue weighted by Gasteiger charge is 1.98. The smallest absolute Gasteiger partial charge is 0.236 e. The van der Waals surface area contributed by atoms with Crippen LogP contribution in [-0.2, 0) is 0 Å². The van der Waals surface area contributed by atoms with Gasteiger partial charge in [0.15, 0.2) is 0 Å². The van der Waals surface area contributed by atoms with Gasteiger partial charge in [-0.25, -0.2) is 0 Å². The Morgan fingerprint density at radius 2 is 2.50 bits per heavy atom. The number of H-pyrrole nitrogens is 1. The van der Waals surface area contributed by atoms with E-state index in [0.29, 0.717) is 10.4 Å². The van der Waals surface area contributed by atoms with Crippen molar-refractivity contribution in [3.8, 4) is 0 Å². The fraction of sp³-hybridized carbons (Fsp3) is 0. The SMILES string of the molecule is [O-][n+]1cncc2cc[nH]c21. The van der Waals surface area contributed by atoms with E-state index in [4.69, 9.17) is 0 Å². The maximum Gasteiger partial charge on any atom is 0.236 e. The van der Waals surface area contributed by atoms with Crippen molar-refractivity contribution in [3.05, 3.63) is 30.0 Å². The van der Waals surface area contributed by atoms with Crippen molar-refractivity contribution >= 4 is 11.0 Å². The molecule has 0 aliphatic rings. The first kappa shape index (κ1) is 5.22. The third kappa shape index (κ3) is 0.556. The first-order chi connectivity index (χ1) is 4.88. The maximum absolute atomic E-state index is 10.9. The molecule has 0 spiro atoms. The van der Waals surface area contributed by atoms with Crippen molar-refractivity contribution in [1.82, 2.24) is 9.97 Å². The Balaban J connectivity index is 2.95. The van der Waals surface area contributed by atoms with E-state index in [1.807, 2.05) is 0 Å². The second-order valence-corrected chi connectivity index (χ2v) is 2.00. The Labute approximate surface area is 56.7 Å². The molecule has 2 aromatic heterocycles. The summed E-state index contributed by atoms with van der Waals surface area (Å²) in [7, 11) is 0. The largest absolute Gasteiger partial charge is 0.740 e. The number of aromatic amines is 1. The zero-order valence-electron chi connectivity index (χ0n) is 5.11. The van der Waals surface area contributed by atoms with E-state index in [1.165, 1.54) is 6.33 Å². The third-order valence-corrected chi connectivity index (χ3v) is 1.36. The molecule has 4 heteroatoms.